The molecule has 0 heterocycles. The Balaban J connectivity index is 1.58. The SMILES string of the molecule is O=C(CSc1ccc(Br)cc1)NCCCNC(=O)c1cccc(O)c1. The highest BCUT2D eigenvalue weighted by atomic mass is 79.9. The zero-order chi connectivity index (χ0) is 18.1. The lowest BCUT2D eigenvalue weighted by atomic mass is 10.2. The molecule has 0 saturated carbocycles. The number of hydrogen-bond donors (Lipinski definition) is 3. The summed E-state index contributed by atoms with van der Waals surface area (Å²) in [6, 6.07) is 14.0. The van der Waals surface area contributed by atoms with Gasteiger partial charge in [0.2, 0.25) is 5.91 Å². The van der Waals surface area contributed by atoms with Crippen LogP contribution < -0.4 is 10.6 Å². The molecule has 2 aromatic rings. The monoisotopic (exact) mass is 422 g/mol. The van der Waals surface area contributed by atoms with E-state index in [0.717, 1.165) is 9.37 Å². The molecule has 2 amide bonds. The highest BCUT2D eigenvalue weighted by molar-refractivity contribution is 9.10. The third-order valence-electron chi connectivity index (χ3n) is 3.25. The largest absolute Gasteiger partial charge is 0.508 e. The second-order valence-electron chi connectivity index (χ2n) is 5.25. The van der Waals surface area contributed by atoms with Crippen LogP contribution in [0, 0.1) is 0 Å². The third-order valence-corrected chi connectivity index (χ3v) is 4.79. The standard InChI is InChI=1S/C18H19BrN2O3S/c19-14-5-7-16(8-6-14)25-12-17(23)20-9-2-10-21-18(24)13-3-1-4-15(22)11-13/h1,3-8,11,22H,2,9-10,12H2,(H,20,23)(H,21,24). The maximum Gasteiger partial charge on any atom is 0.251 e. The van der Waals surface area contributed by atoms with E-state index in [-0.39, 0.29) is 17.6 Å². The molecule has 132 valence electrons. The van der Waals surface area contributed by atoms with Gasteiger partial charge in [0.15, 0.2) is 0 Å². The molecule has 0 spiro atoms. The maximum atomic E-state index is 11.9. The van der Waals surface area contributed by atoms with Gasteiger partial charge in [-0.15, -0.1) is 11.8 Å². The number of phenols is 1. The van der Waals surface area contributed by atoms with E-state index in [4.69, 9.17) is 0 Å². The number of benzene rings is 2. The topological polar surface area (TPSA) is 78.4 Å². The average Bonchev–Trinajstić information content (AvgIpc) is 2.60. The molecule has 25 heavy (non-hydrogen) atoms. The number of phenolic OH excluding ortho intramolecular Hbond substituents is 1. The van der Waals surface area contributed by atoms with Gasteiger partial charge in [-0.3, -0.25) is 9.59 Å². The van der Waals surface area contributed by atoms with Crippen LogP contribution in [0.2, 0.25) is 0 Å². The van der Waals surface area contributed by atoms with Gasteiger partial charge in [-0.25, -0.2) is 0 Å². The molecule has 0 saturated heterocycles. The van der Waals surface area contributed by atoms with Crippen LogP contribution in [0.5, 0.6) is 5.75 Å². The van der Waals surface area contributed by atoms with Gasteiger partial charge >= 0.3 is 0 Å². The number of halogens is 1. The minimum absolute atomic E-state index is 0.0350. The van der Waals surface area contributed by atoms with Crippen LogP contribution in [0.3, 0.4) is 0 Å². The molecule has 3 N–H and O–H groups in total. The lowest BCUT2D eigenvalue weighted by molar-refractivity contribution is -0.118. The van der Waals surface area contributed by atoms with E-state index in [1.54, 1.807) is 12.1 Å². The number of rotatable bonds is 8. The highest BCUT2D eigenvalue weighted by Gasteiger charge is 2.06. The van der Waals surface area contributed by atoms with Gasteiger partial charge in [0.05, 0.1) is 5.75 Å². The van der Waals surface area contributed by atoms with Crippen molar-refractivity contribution in [2.45, 2.75) is 11.3 Å². The first-order valence-electron chi connectivity index (χ1n) is 7.77. The maximum absolute atomic E-state index is 11.9. The van der Waals surface area contributed by atoms with Crippen LogP contribution in [0.1, 0.15) is 16.8 Å². The summed E-state index contributed by atoms with van der Waals surface area (Å²) in [5.41, 5.74) is 0.412. The summed E-state index contributed by atoms with van der Waals surface area (Å²) in [4.78, 5) is 24.7. The summed E-state index contributed by atoms with van der Waals surface area (Å²) in [6.07, 6.45) is 0.638. The Bertz CT molecular complexity index is 723. The molecule has 0 aliphatic heterocycles. The molecule has 0 unspecified atom stereocenters. The fraction of sp³-hybridized carbons (Fsp3) is 0.222. The average molecular weight is 423 g/mol. The van der Waals surface area contributed by atoms with Gasteiger partial charge in [0, 0.05) is 28.0 Å². The molecule has 2 rings (SSSR count). The van der Waals surface area contributed by atoms with E-state index >= 15 is 0 Å². The summed E-state index contributed by atoms with van der Waals surface area (Å²) >= 11 is 4.85. The van der Waals surface area contributed by atoms with Crippen LogP contribution in [-0.4, -0.2) is 35.8 Å². The fourth-order valence-corrected chi connectivity index (χ4v) is 2.99. The van der Waals surface area contributed by atoms with Crippen molar-refractivity contribution in [1.29, 1.82) is 0 Å². The van der Waals surface area contributed by atoms with E-state index in [1.165, 1.54) is 23.9 Å². The number of aromatic hydroxyl groups is 1. The van der Waals surface area contributed by atoms with Crippen molar-refractivity contribution in [2.75, 3.05) is 18.8 Å². The van der Waals surface area contributed by atoms with Crippen molar-refractivity contribution in [2.24, 2.45) is 0 Å². The highest BCUT2D eigenvalue weighted by Crippen LogP contribution is 2.20. The van der Waals surface area contributed by atoms with E-state index < -0.39 is 0 Å². The smallest absolute Gasteiger partial charge is 0.251 e. The molecule has 0 fully saturated rings. The first-order valence-corrected chi connectivity index (χ1v) is 9.55. The molecule has 0 aliphatic carbocycles. The molecule has 7 heteroatoms. The summed E-state index contributed by atoms with van der Waals surface area (Å²) in [5.74, 6) is 0.139. The normalized spacial score (nSPS) is 10.3. The van der Waals surface area contributed by atoms with Crippen LogP contribution in [0.25, 0.3) is 0 Å². The van der Waals surface area contributed by atoms with Gasteiger partial charge < -0.3 is 15.7 Å². The number of carbonyl (C=O) groups is 2. The Morgan fingerprint density at radius 3 is 2.48 bits per heavy atom. The van der Waals surface area contributed by atoms with Gasteiger partial charge in [0.1, 0.15) is 5.75 Å². The van der Waals surface area contributed by atoms with Crippen molar-refractivity contribution < 1.29 is 14.7 Å². The predicted molar refractivity (Wildman–Crippen MR) is 103 cm³/mol. The number of carbonyl (C=O) groups excluding carboxylic acids is 2. The molecule has 5 nitrogen and oxygen atoms in total. The number of hydrogen-bond acceptors (Lipinski definition) is 4. The van der Waals surface area contributed by atoms with Crippen LogP contribution >= 0.6 is 27.7 Å². The van der Waals surface area contributed by atoms with Gasteiger partial charge in [-0.2, -0.15) is 0 Å². The van der Waals surface area contributed by atoms with Crippen molar-refractivity contribution in [3.05, 3.63) is 58.6 Å². The lowest BCUT2D eigenvalue weighted by Crippen LogP contribution is -2.30. The van der Waals surface area contributed by atoms with Crippen LogP contribution in [0.4, 0.5) is 0 Å². The first-order chi connectivity index (χ1) is 12.0. The summed E-state index contributed by atoms with van der Waals surface area (Å²) in [7, 11) is 0. The van der Waals surface area contributed by atoms with E-state index in [1.807, 2.05) is 24.3 Å². The van der Waals surface area contributed by atoms with Gasteiger partial charge in [0.25, 0.3) is 5.91 Å². The zero-order valence-electron chi connectivity index (χ0n) is 13.5. The second-order valence-corrected chi connectivity index (χ2v) is 7.22. The Morgan fingerprint density at radius 2 is 1.76 bits per heavy atom. The van der Waals surface area contributed by atoms with Crippen molar-refractivity contribution in [3.8, 4) is 5.75 Å². The Kier molecular flexibility index (Phi) is 7.81. The number of thioether (sulfide) groups is 1. The van der Waals surface area contributed by atoms with Gasteiger partial charge in [-0.05, 0) is 48.9 Å². The van der Waals surface area contributed by atoms with Crippen molar-refractivity contribution in [3.63, 3.8) is 0 Å². The lowest BCUT2D eigenvalue weighted by Gasteiger charge is -2.07. The molecule has 0 bridgehead atoms. The predicted octanol–water partition coefficient (Wildman–Crippen LogP) is 3.18. The number of amides is 2. The van der Waals surface area contributed by atoms with E-state index in [9.17, 15) is 14.7 Å². The number of nitrogens with one attached hydrogen (secondary N) is 2. The summed E-state index contributed by atoms with van der Waals surface area (Å²) in [5, 5.41) is 14.9. The van der Waals surface area contributed by atoms with E-state index in [0.29, 0.717) is 30.8 Å². The summed E-state index contributed by atoms with van der Waals surface area (Å²) in [6.45, 7) is 0.953. The second kappa shape index (κ2) is 10.1. The van der Waals surface area contributed by atoms with E-state index in [2.05, 4.69) is 26.6 Å². The third kappa shape index (κ3) is 7.19. The fourth-order valence-electron chi connectivity index (χ4n) is 2.00. The molecule has 0 aliphatic rings. The minimum Gasteiger partial charge on any atom is -0.508 e. The molecule has 0 radical (unpaired) electrons. The molecule has 0 aromatic heterocycles. The Hall–Kier alpha value is -1.99. The molecule has 2 aromatic carbocycles. The molecule has 0 atom stereocenters. The van der Waals surface area contributed by atoms with Crippen molar-refractivity contribution >= 4 is 39.5 Å². The van der Waals surface area contributed by atoms with Crippen LogP contribution in [0.15, 0.2) is 57.9 Å². The quantitative estimate of drug-likeness (QED) is 0.450. The van der Waals surface area contributed by atoms with Gasteiger partial charge in [-0.1, -0.05) is 22.0 Å². The van der Waals surface area contributed by atoms with Crippen molar-refractivity contribution in [1.82, 2.24) is 10.6 Å². The minimum atomic E-state index is -0.243. The summed E-state index contributed by atoms with van der Waals surface area (Å²) < 4.78 is 1.01. The Morgan fingerprint density at radius 1 is 1.04 bits per heavy atom. The first kappa shape index (κ1) is 19.3. The van der Waals surface area contributed by atoms with Crippen LogP contribution in [-0.2, 0) is 4.79 Å². The Labute approximate surface area is 159 Å². The molecular formula is C18H19BrN2O3S. The zero-order valence-corrected chi connectivity index (χ0v) is 15.9. The molecular weight excluding hydrogens is 404 g/mol.